The fourth-order valence-corrected chi connectivity index (χ4v) is 2.58. The second-order valence-electron chi connectivity index (χ2n) is 3.64. The third-order valence-electron chi connectivity index (χ3n) is 2.58. The maximum absolute atomic E-state index is 11.7. The minimum absolute atomic E-state index is 0.0364. The molecular formula is C12H10N2OS. The Balaban J connectivity index is 2.09. The Morgan fingerprint density at radius 2 is 2.00 bits per heavy atom. The third kappa shape index (κ3) is 1.47. The Labute approximate surface area is 96.0 Å². The molecule has 3 rings (SSSR count). The summed E-state index contributed by atoms with van der Waals surface area (Å²) in [6.45, 7) is 0.621. The molecule has 0 saturated heterocycles. The number of aromatic nitrogens is 2. The molecule has 0 fully saturated rings. The van der Waals surface area contributed by atoms with Gasteiger partial charge in [-0.2, -0.15) is 0 Å². The Hall–Kier alpha value is -1.81. The Kier molecular flexibility index (Phi) is 2.15. The van der Waals surface area contributed by atoms with Gasteiger partial charge in [0.2, 0.25) is 0 Å². The molecule has 4 heteroatoms. The van der Waals surface area contributed by atoms with Gasteiger partial charge in [0, 0.05) is 0 Å². The number of hydrogen-bond donors (Lipinski definition) is 1. The van der Waals surface area contributed by atoms with E-state index in [0.29, 0.717) is 6.54 Å². The molecule has 0 amide bonds. The van der Waals surface area contributed by atoms with E-state index in [4.69, 9.17) is 0 Å². The number of aromatic amines is 1. The van der Waals surface area contributed by atoms with Gasteiger partial charge in [0.25, 0.3) is 0 Å². The van der Waals surface area contributed by atoms with Crippen LogP contribution in [-0.4, -0.2) is 9.55 Å². The first-order valence-electron chi connectivity index (χ1n) is 5.04. The molecule has 0 bridgehead atoms. The molecular weight excluding hydrogens is 220 g/mol. The van der Waals surface area contributed by atoms with Crippen LogP contribution < -0.4 is 5.69 Å². The highest BCUT2D eigenvalue weighted by Crippen LogP contribution is 2.17. The highest BCUT2D eigenvalue weighted by atomic mass is 32.1. The number of fused-ring (bicyclic) bond motifs is 1. The molecule has 2 heterocycles. The first-order valence-corrected chi connectivity index (χ1v) is 5.92. The van der Waals surface area contributed by atoms with Crippen molar-refractivity contribution in [2.24, 2.45) is 0 Å². The lowest BCUT2D eigenvalue weighted by Gasteiger charge is -2.01. The number of nitrogens with zero attached hydrogens (tertiary/aromatic N) is 1. The van der Waals surface area contributed by atoms with Gasteiger partial charge in [-0.1, -0.05) is 30.3 Å². The van der Waals surface area contributed by atoms with Crippen LogP contribution in [0.2, 0.25) is 0 Å². The van der Waals surface area contributed by atoms with Crippen molar-refractivity contribution in [3.05, 3.63) is 57.8 Å². The first kappa shape index (κ1) is 9.42. The number of imidazole rings is 1. The van der Waals surface area contributed by atoms with E-state index in [1.165, 1.54) is 0 Å². The zero-order chi connectivity index (χ0) is 11.0. The number of rotatable bonds is 2. The molecule has 1 aromatic carbocycles. The zero-order valence-corrected chi connectivity index (χ0v) is 9.33. The number of thiophene rings is 1. The second kappa shape index (κ2) is 3.64. The SMILES string of the molecule is O=c1[nH]c2sccc2n1Cc1ccccc1. The summed E-state index contributed by atoms with van der Waals surface area (Å²) in [5.41, 5.74) is 2.08. The van der Waals surface area contributed by atoms with Crippen LogP contribution in [-0.2, 0) is 6.54 Å². The topological polar surface area (TPSA) is 37.8 Å². The summed E-state index contributed by atoms with van der Waals surface area (Å²) in [4.78, 5) is 15.5. The molecule has 0 unspecified atom stereocenters. The highest BCUT2D eigenvalue weighted by Gasteiger charge is 2.07. The summed E-state index contributed by atoms with van der Waals surface area (Å²) in [6.07, 6.45) is 0. The molecule has 0 aliphatic heterocycles. The zero-order valence-electron chi connectivity index (χ0n) is 8.51. The fourth-order valence-electron chi connectivity index (χ4n) is 1.81. The van der Waals surface area contributed by atoms with E-state index in [1.54, 1.807) is 15.9 Å². The quantitative estimate of drug-likeness (QED) is 0.721. The predicted molar refractivity (Wildman–Crippen MR) is 66.0 cm³/mol. The van der Waals surface area contributed by atoms with Gasteiger partial charge in [-0.15, -0.1) is 11.3 Å². The van der Waals surface area contributed by atoms with Crippen LogP contribution in [0.5, 0.6) is 0 Å². The van der Waals surface area contributed by atoms with Gasteiger partial charge in [0.1, 0.15) is 4.83 Å². The lowest BCUT2D eigenvalue weighted by molar-refractivity contribution is 0.787. The average molecular weight is 230 g/mol. The van der Waals surface area contributed by atoms with Crippen LogP contribution in [0.15, 0.2) is 46.6 Å². The smallest absolute Gasteiger partial charge is 0.297 e. The van der Waals surface area contributed by atoms with Crippen molar-refractivity contribution >= 4 is 21.7 Å². The van der Waals surface area contributed by atoms with Gasteiger partial charge < -0.3 is 0 Å². The largest absolute Gasteiger partial charge is 0.327 e. The maximum Gasteiger partial charge on any atom is 0.327 e. The van der Waals surface area contributed by atoms with Crippen LogP contribution in [0.1, 0.15) is 5.56 Å². The first-order chi connectivity index (χ1) is 7.84. The molecule has 2 aromatic heterocycles. The summed E-state index contributed by atoms with van der Waals surface area (Å²) in [6, 6.07) is 12.0. The Bertz CT molecular complexity index is 663. The lowest BCUT2D eigenvalue weighted by Crippen LogP contribution is -2.17. The number of benzene rings is 1. The normalized spacial score (nSPS) is 11.0. The number of H-pyrrole nitrogens is 1. The fraction of sp³-hybridized carbons (Fsp3) is 0.0833. The Morgan fingerprint density at radius 3 is 2.81 bits per heavy atom. The van der Waals surface area contributed by atoms with Crippen LogP contribution in [0.3, 0.4) is 0 Å². The van der Waals surface area contributed by atoms with Crippen LogP contribution in [0.4, 0.5) is 0 Å². The molecule has 3 aromatic rings. The molecule has 0 atom stereocenters. The van der Waals surface area contributed by atoms with E-state index in [0.717, 1.165) is 15.9 Å². The van der Waals surface area contributed by atoms with Gasteiger partial charge in [0.05, 0.1) is 12.1 Å². The van der Waals surface area contributed by atoms with E-state index in [-0.39, 0.29) is 5.69 Å². The van der Waals surface area contributed by atoms with Crippen LogP contribution in [0.25, 0.3) is 10.3 Å². The number of nitrogens with one attached hydrogen (secondary N) is 1. The minimum atomic E-state index is -0.0364. The molecule has 0 spiro atoms. The highest BCUT2D eigenvalue weighted by molar-refractivity contribution is 7.16. The Morgan fingerprint density at radius 1 is 1.19 bits per heavy atom. The minimum Gasteiger partial charge on any atom is -0.297 e. The molecule has 0 radical (unpaired) electrons. The third-order valence-corrected chi connectivity index (χ3v) is 3.40. The van der Waals surface area contributed by atoms with Crippen LogP contribution in [0, 0.1) is 0 Å². The van der Waals surface area contributed by atoms with Gasteiger partial charge in [-0.05, 0) is 17.0 Å². The van der Waals surface area contributed by atoms with Crippen LogP contribution >= 0.6 is 11.3 Å². The van der Waals surface area contributed by atoms with Crippen molar-refractivity contribution < 1.29 is 0 Å². The standard InChI is InChI=1S/C12H10N2OS/c15-12-13-11-10(6-7-16-11)14(12)8-9-4-2-1-3-5-9/h1-7H,8H2,(H,13,15). The van der Waals surface area contributed by atoms with Crippen molar-refractivity contribution in [2.75, 3.05) is 0 Å². The van der Waals surface area contributed by atoms with Crippen molar-refractivity contribution in [3.8, 4) is 0 Å². The van der Waals surface area contributed by atoms with Gasteiger partial charge in [-0.25, -0.2) is 4.79 Å². The van der Waals surface area contributed by atoms with Crippen molar-refractivity contribution in [3.63, 3.8) is 0 Å². The second-order valence-corrected chi connectivity index (χ2v) is 4.55. The lowest BCUT2D eigenvalue weighted by atomic mass is 10.2. The van der Waals surface area contributed by atoms with E-state index in [2.05, 4.69) is 4.98 Å². The van der Waals surface area contributed by atoms with Crippen molar-refractivity contribution in [2.45, 2.75) is 6.54 Å². The molecule has 3 nitrogen and oxygen atoms in total. The summed E-state index contributed by atoms with van der Waals surface area (Å²) in [5.74, 6) is 0. The average Bonchev–Trinajstić information content (AvgIpc) is 2.84. The van der Waals surface area contributed by atoms with Gasteiger partial charge in [-0.3, -0.25) is 9.55 Å². The predicted octanol–water partition coefficient (Wildman–Crippen LogP) is 2.44. The molecule has 0 aliphatic rings. The van der Waals surface area contributed by atoms with Crippen molar-refractivity contribution in [1.82, 2.24) is 9.55 Å². The van der Waals surface area contributed by atoms with E-state index in [9.17, 15) is 4.79 Å². The monoisotopic (exact) mass is 230 g/mol. The molecule has 0 aliphatic carbocycles. The van der Waals surface area contributed by atoms with E-state index >= 15 is 0 Å². The maximum atomic E-state index is 11.7. The van der Waals surface area contributed by atoms with Gasteiger partial charge >= 0.3 is 5.69 Å². The summed E-state index contributed by atoms with van der Waals surface area (Å²) >= 11 is 1.56. The number of hydrogen-bond acceptors (Lipinski definition) is 2. The molecule has 1 N–H and O–H groups in total. The molecule has 16 heavy (non-hydrogen) atoms. The van der Waals surface area contributed by atoms with Gasteiger partial charge in [0.15, 0.2) is 0 Å². The summed E-state index contributed by atoms with van der Waals surface area (Å²) in [7, 11) is 0. The van der Waals surface area contributed by atoms with E-state index in [1.807, 2.05) is 41.8 Å². The summed E-state index contributed by atoms with van der Waals surface area (Å²) < 4.78 is 1.77. The molecule has 0 saturated carbocycles. The van der Waals surface area contributed by atoms with E-state index < -0.39 is 0 Å². The summed E-state index contributed by atoms with van der Waals surface area (Å²) in [5, 5.41) is 1.99. The molecule has 80 valence electrons. The van der Waals surface area contributed by atoms with Crippen molar-refractivity contribution in [1.29, 1.82) is 0 Å².